The van der Waals surface area contributed by atoms with Gasteiger partial charge in [-0.1, -0.05) is 12.1 Å². The van der Waals surface area contributed by atoms with Crippen molar-refractivity contribution in [3.8, 4) is 5.75 Å². The Morgan fingerprint density at radius 2 is 1.68 bits per heavy atom. The molecule has 0 aliphatic carbocycles. The zero-order chi connectivity index (χ0) is 13.8. The molecule has 0 heterocycles. The van der Waals surface area contributed by atoms with Gasteiger partial charge in [-0.3, -0.25) is 4.79 Å². The molecule has 0 spiro atoms. The second-order valence-electron chi connectivity index (χ2n) is 4.35. The summed E-state index contributed by atoms with van der Waals surface area (Å²) in [4.78, 5) is 12.0. The van der Waals surface area contributed by atoms with E-state index in [9.17, 15) is 14.3 Å². The third-order valence-corrected chi connectivity index (χ3v) is 2.86. The molecule has 0 bridgehead atoms. The maximum atomic E-state index is 12.8. The monoisotopic (exact) mass is 259 g/mol. The van der Waals surface area contributed by atoms with E-state index < -0.39 is 6.04 Å². The number of nitrogens with two attached hydrogens (primary N) is 1. The molecule has 0 unspecified atom stereocenters. The van der Waals surface area contributed by atoms with Gasteiger partial charge in [-0.2, -0.15) is 0 Å². The van der Waals surface area contributed by atoms with E-state index in [0.29, 0.717) is 12.0 Å². The van der Waals surface area contributed by atoms with Crippen LogP contribution in [0.2, 0.25) is 0 Å². The Labute approximate surface area is 110 Å². The Morgan fingerprint density at radius 3 is 2.26 bits per heavy atom. The van der Waals surface area contributed by atoms with E-state index in [1.54, 1.807) is 24.3 Å². The molecule has 4 heteroatoms. The molecule has 3 nitrogen and oxygen atoms in total. The Balaban J connectivity index is 2.07. The molecule has 0 fully saturated rings. The number of aromatic hydroxyl groups is 1. The van der Waals surface area contributed by atoms with Crippen LogP contribution in [0.1, 0.15) is 15.9 Å². The highest BCUT2D eigenvalue weighted by Crippen LogP contribution is 2.13. The van der Waals surface area contributed by atoms with Gasteiger partial charge in [0, 0.05) is 5.56 Å². The third kappa shape index (κ3) is 3.39. The van der Waals surface area contributed by atoms with Gasteiger partial charge in [0.2, 0.25) is 0 Å². The Morgan fingerprint density at radius 1 is 1.11 bits per heavy atom. The average Bonchev–Trinajstić information content (AvgIpc) is 2.41. The minimum absolute atomic E-state index is 0.169. The molecule has 3 N–H and O–H groups in total. The van der Waals surface area contributed by atoms with Crippen molar-refractivity contribution in [3.63, 3.8) is 0 Å². The van der Waals surface area contributed by atoms with Crippen LogP contribution in [0.25, 0.3) is 0 Å². The number of Topliss-reactive ketones (excluding diaryl/α,β-unsaturated/α-hetero) is 1. The summed E-state index contributed by atoms with van der Waals surface area (Å²) < 4.78 is 12.8. The first kappa shape index (κ1) is 13.2. The molecule has 0 saturated heterocycles. The van der Waals surface area contributed by atoms with Crippen LogP contribution >= 0.6 is 0 Å². The van der Waals surface area contributed by atoms with Crippen LogP contribution < -0.4 is 5.73 Å². The Kier molecular flexibility index (Phi) is 3.92. The maximum absolute atomic E-state index is 12.8. The molecule has 0 aliphatic heterocycles. The summed E-state index contributed by atoms with van der Waals surface area (Å²) >= 11 is 0. The molecule has 0 radical (unpaired) electrons. The predicted molar refractivity (Wildman–Crippen MR) is 70.5 cm³/mol. The molecule has 2 rings (SSSR count). The van der Waals surface area contributed by atoms with Crippen LogP contribution in [0.4, 0.5) is 4.39 Å². The number of carbonyl (C=O) groups is 1. The molecule has 1 atom stereocenters. The zero-order valence-electron chi connectivity index (χ0n) is 10.2. The topological polar surface area (TPSA) is 63.3 Å². The fourth-order valence-corrected chi connectivity index (χ4v) is 1.81. The highest BCUT2D eigenvalue weighted by Gasteiger charge is 2.16. The van der Waals surface area contributed by atoms with Crippen LogP contribution in [0, 0.1) is 5.82 Å². The summed E-state index contributed by atoms with van der Waals surface area (Å²) in [7, 11) is 0. The van der Waals surface area contributed by atoms with Gasteiger partial charge < -0.3 is 10.8 Å². The number of hydrogen-bond acceptors (Lipinski definition) is 3. The highest BCUT2D eigenvalue weighted by atomic mass is 19.1. The van der Waals surface area contributed by atoms with Gasteiger partial charge in [-0.15, -0.1) is 0 Å². The van der Waals surface area contributed by atoms with Crippen molar-refractivity contribution in [2.45, 2.75) is 12.5 Å². The van der Waals surface area contributed by atoms with Crippen LogP contribution in [0.15, 0.2) is 48.5 Å². The first-order valence-electron chi connectivity index (χ1n) is 5.89. The van der Waals surface area contributed by atoms with E-state index in [4.69, 9.17) is 5.73 Å². The largest absolute Gasteiger partial charge is 0.508 e. The lowest BCUT2D eigenvalue weighted by molar-refractivity contribution is 0.0961. The first-order chi connectivity index (χ1) is 9.06. The van der Waals surface area contributed by atoms with E-state index in [2.05, 4.69) is 0 Å². The minimum atomic E-state index is -0.685. The highest BCUT2D eigenvalue weighted by molar-refractivity contribution is 6.00. The van der Waals surface area contributed by atoms with Gasteiger partial charge in [0.1, 0.15) is 11.6 Å². The Hall–Kier alpha value is -2.20. The molecule has 0 aromatic heterocycles. The number of phenols is 1. The summed E-state index contributed by atoms with van der Waals surface area (Å²) in [5, 5.41) is 9.17. The minimum Gasteiger partial charge on any atom is -0.508 e. The molecule has 0 aliphatic rings. The fraction of sp³-hybridized carbons (Fsp3) is 0.133. The van der Waals surface area contributed by atoms with Crippen molar-refractivity contribution in [3.05, 3.63) is 65.5 Å². The standard InChI is InChI=1S/C15H14FNO2/c16-12-5-3-11(4-6-12)15(19)14(17)9-10-1-7-13(18)8-2-10/h1-8,14,18H,9,17H2/t14-/m0/s1. The predicted octanol–water partition coefficient (Wildman–Crippen LogP) is 2.28. The lowest BCUT2D eigenvalue weighted by Crippen LogP contribution is -2.32. The summed E-state index contributed by atoms with van der Waals surface area (Å²) in [5.74, 6) is -0.445. The molecule has 2 aromatic carbocycles. The molecular weight excluding hydrogens is 245 g/mol. The molecule has 0 amide bonds. The van der Waals surface area contributed by atoms with E-state index in [0.717, 1.165) is 5.56 Å². The number of carbonyl (C=O) groups excluding carboxylic acids is 1. The number of phenolic OH excluding ortho intramolecular Hbond substituents is 1. The van der Waals surface area contributed by atoms with Crippen LogP contribution in [0.5, 0.6) is 5.75 Å². The molecule has 98 valence electrons. The second kappa shape index (κ2) is 5.63. The molecular formula is C15H14FNO2. The number of hydrogen-bond donors (Lipinski definition) is 2. The van der Waals surface area contributed by atoms with E-state index in [1.165, 1.54) is 24.3 Å². The SMILES string of the molecule is N[C@@H](Cc1ccc(O)cc1)C(=O)c1ccc(F)cc1. The van der Waals surface area contributed by atoms with Crippen molar-refractivity contribution in [2.24, 2.45) is 5.73 Å². The van der Waals surface area contributed by atoms with E-state index in [-0.39, 0.29) is 17.3 Å². The number of ketones is 1. The number of benzene rings is 2. The normalized spacial score (nSPS) is 12.1. The molecule has 0 saturated carbocycles. The third-order valence-electron chi connectivity index (χ3n) is 2.86. The lowest BCUT2D eigenvalue weighted by Gasteiger charge is -2.10. The smallest absolute Gasteiger partial charge is 0.179 e. The van der Waals surface area contributed by atoms with Gasteiger partial charge in [-0.25, -0.2) is 4.39 Å². The zero-order valence-corrected chi connectivity index (χ0v) is 10.2. The maximum Gasteiger partial charge on any atom is 0.179 e. The van der Waals surface area contributed by atoms with Gasteiger partial charge in [-0.05, 0) is 48.4 Å². The van der Waals surface area contributed by atoms with Gasteiger partial charge in [0.25, 0.3) is 0 Å². The molecule has 2 aromatic rings. The van der Waals surface area contributed by atoms with Crippen LogP contribution in [-0.4, -0.2) is 16.9 Å². The summed E-state index contributed by atoms with van der Waals surface area (Å²) in [5.41, 5.74) is 7.11. The second-order valence-corrected chi connectivity index (χ2v) is 4.35. The number of rotatable bonds is 4. The summed E-state index contributed by atoms with van der Waals surface area (Å²) in [6.45, 7) is 0. The Bertz CT molecular complexity index is 564. The lowest BCUT2D eigenvalue weighted by atomic mass is 9.98. The molecule has 19 heavy (non-hydrogen) atoms. The number of halogens is 1. The van der Waals surface area contributed by atoms with Crippen LogP contribution in [0.3, 0.4) is 0 Å². The summed E-state index contributed by atoms with van der Waals surface area (Å²) in [6.07, 6.45) is 0.372. The first-order valence-corrected chi connectivity index (χ1v) is 5.89. The summed E-state index contributed by atoms with van der Waals surface area (Å²) in [6, 6.07) is 11.2. The van der Waals surface area contributed by atoms with Crippen molar-refractivity contribution >= 4 is 5.78 Å². The van der Waals surface area contributed by atoms with E-state index in [1.807, 2.05) is 0 Å². The van der Waals surface area contributed by atoms with Crippen molar-refractivity contribution < 1.29 is 14.3 Å². The van der Waals surface area contributed by atoms with Gasteiger partial charge in [0.15, 0.2) is 5.78 Å². The van der Waals surface area contributed by atoms with Crippen molar-refractivity contribution in [1.29, 1.82) is 0 Å². The van der Waals surface area contributed by atoms with Crippen molar-refractivity contribution in [1.82, 2.24) is 0 Å². The van der Waals surface area contributed by atoms with Crippen molar-refractivity contribution in [2.75, 3.05) is 0 Å². The average molecular weight is 259 g/mol. The van der Waals surface area contributed by atoms with Gasteiger partial charge >= 0.3 is 0 Å². The quantitative estimate of drug-likeness (QED) is 0.828. The van der Waals surface area contributed by atoms with Gasteiger partial charge in [0.05, 0.1) is 6.04 Å². The van der Waals surface area contributed by atoms with Crippen LogP contribution in [-0.2, 0) is 6.42 Å². The fourth-order valence-electron chi connectivity index (χ4n) is 1.81. The van der Waals surface area contributed by atoms with E-state index >= 15 is 0 Å².